The Balaban J connectivity index is 1.64. The summed E-state index contributed by atoms with van der Waals surface area (Å²) in [6, 6.07) is 8.13. The molecule has 1 aliphatic rings. The molecular formula is C18H13ClN2O6. The summed E-state index contributed by atoms with van der Waals surface area (Å²) in [7, 11) is 1.37. The summed E-state index contributed by atoms with van der Waals surface area (Å²) in [4.78, 5) is 48.7. The molecule has 3 rings (SSSR count). The number of fused-ring (bicyclic) bond motifs is 1. The smallest absolute Gasteiger partial charge is 0.342 e. The second kappa shape index (κ2) is 7.08. The molecule has 0 aromatic heterocycles. The van der Waals surface area contributed by atoms with Gasteiger partial charge in [0.1, 0.15) is 11.3 Å². The molecule has 0 unspecified atom stereocenters. The zero-order chi connectivity index (χ0) is 19.7. The van der Waals surface area contributed by atoms with Gasteiger partial charge in [-0.25, -0.2) is 4.79 Å². The topological polar surface area (TPSA) is 113 Å². The first kappa shape index (κ1) is 18.4. The van der Waals surface area contributed by atoms with Gasteiger partial charge < -0.3 is 15.2 Å². The highest BCUT2D eigenvalue weighted by Gasteiger charge is 2.32. The Morgan fingerprint density at radius 3 is 2.56 bits per heavy atom. The third-order valence-electron chi connectivity index (χ3n) is 3.89. The van der Waals surface area contributed by atoms with Crippen molar-refractivity contribution in [2.24, 2.45) is 0 Å². The maximum Gasteiger partial charge on any atom is 0.342 e. The number of imide groups is 1. The van der Waals surface area contributed by atoms with Gasteiger partial charge in [0.05, 0.1) is 11.1 Å². The van der Waals surface area contributed by atoms with Crippen LogP contribution in [0.1, 0.15) is 31.1 Å². The lowest BCUT2D eigenvalue weighted by molar-refractivity contribution is -0.119. The van der Waals surface area contributed by atoms with Gasteiger partial charge >= 0.3 is 5.97 Å². The molecule has 0 saturated carbocycles. The number of hydrogen-bond donors (Lipinski definition) is 2. The van der Waals surface area contributed by atoms with Crippen molar-refractivity contribution in [2.45, 2.75) is 0 Å². The summed E-state index contributed by atoms with van der Waals surface area (Å²) in [6.07, 6.45) is 0. The third kappa shape index (κ3) is 3.61. The minimum absolute atomic E-state index is 0.167. The highest BCUT2D eigenvalue weighted by Crippen LogP contribution is 2.25. The highest BCUT2D eigenvalue weighted by atomic mass is 35.5. The number of anilines is 1. The van der Waals surface area contributed by atoms with Crippen molar-refractivity contribution in [1.29, 1.82) is 0 Å². The van der Waals surface area contributed by atoms with E-state index >= 15 is 0 Å². The molecule has 138 valence electrons. The summed E-state index contributed by atoms with van der Waals surface area (Å²) in [5.74, 6) is -2.77. The fraction of sp³-hybridized carbons (Fsp3) is 0.111. The van der Waals surface area contributed by atoms with Crippen LogP contribution in [0.5, 0.6) is 5.75 Å². The molecule has 0 aliphatic carbocycles. The number of amides is 3. The number of phenols is 1. The Bertz CT molecular complexity index is 988. The molecular weight excluding hydrogens is 376 g/mol. The molecule has 2 aromatic carbocycles. The van der Waals surface area contributed by atoms with E-state index < -0.39 is 30.3 Å². The number of carbonyl (C=O) groups is 4. The molecule has 1 heterocycles. The van der Waals surface area contributed by atoms with Crippen LogP contribution in [0.25, 0.3) is 0 Å². The third-order valence-corrected chi connectivity index (χ3v) is 4.12. The number of halogens is 1. The lowest BCUT2D eigenvalue weighted by atomic mass is 10.1. The van der Waals surface area contributed by atoms with Crippen molar-refractivity contribution < 1.29 is 29.0 Å². The number of carbonyl (C=O) groups excluding carboxylic acids is 4. The van der Waals surface area contributed by atoms with Gasteiger partial charge in [0, 0.05) is 17.8 Å². The zero-order valence-corrected chi connectivity index (χ0v) is 14.7. The van der Waals surface area contributed by atoms with E-state index in [1.54, 1.807) is 0 Å². The average molecular weight is 389 g/mol. The van der Waals surface area contributed by atoms with Crippen molar-refractivity contribution in [3.8, 4) is 5.75 Å². The Hall–Kier alpha value is -3.39. The van der Waals surface area contributed by atoms with Crippen molar-refractivity contribution >= 4 is 41.0 Å². The SMILES string of the molecule is CN1C(=O)c2ccc(NC(=O)COC(=O)c3cc(Cl)ccc3O)cc2C1=O. The molecule has 0 radical (unpaired) electrons. The van der Waals surface area contributed by atoms with E-state index in [4.69, 9.17) is 16.3 Å². The molecule has 2 N–H and O–H groups in total. The molecule has 8 nitrogen and oxygen atoms in total. The van der Waals surface area contributed by atoms with Gasteiger partial charge in [-0.15, -0.1) is 0 Å². The summed E-state index contributed by atoms with van der Waals surface area (Å²) < 4.78 is 4.85. The van der Waals surface area contributed by atoms with Gasteiger partial charge in [-0.05, 0) is 36.4 Å². The molecule has 0 spiro atoms. The van der Waals surface area contributed by atoms with Crippen molar-refractivity contribution in [1.82, 2.24) is 4.90 Å². The van der Waals surface area contributed by atoms with Crippen LogP contribution >= 0.6 is 11.6 Å². The van der Waals surface area contributed by atoms with E-state index in [-0.39, 0.29) is 33.1 Å². The predicted molar refractivity (Wildman–Crippen MR) is 94.9 cm³/mol. The largest absolute Gasteiger partial charge is 0.507 e. The summed E-state index contributed by atoms with van der Waals surface area (Å²) >= 11 is 5.76. The van der Waals surface area contributed by atoms with Crippen LogP contribution in [0.2, 0.25) is 5.02 Å². The molecule has 0 atom stereocenters. The van der Waals surface area contributed by atoms with Crippen LogP contribution < -0.4 is 5.32 Å². The second-order valence-electron chi connectivity index (χ2n) is 5.72. The number of nitrogens with zero attached hydrogens (tertiary/aromatic N) is 1. The first-order valence-corrected chi connectivity index (χ1v) is 8.07. The fourth-order valence-corrected chi connectivity index (χ4v) is 2.69. The number of benzene rings is 2. The lowest BCUT2D eigenvalue weighted by Gasteiger charge is -2.08. The van der Waals surface area contributed by atoms with E-state index in [9.17, 15) is 24.3 Å². The van der Waals surface area contributed by atoms with Gasteiger partial charge in [0.2, 0.25) is 0 Å². The number of aromatic hydroxyl groups is 1. The van der Waals surface area contributed by atoms with Crippen LogP contribution in [0.3, 0.4) is 0 Å². The van der Waals surface area contributed by atoms with Gasteiger partial charge in [-0.1, -0.05) is 11.6 Å². The van der Waals surface area contributed by atoms with Gasteiger partial charge in [0.25, 0.3) is 17.7 Å². The molecule has 1 aliphatic heterocycles. The monoisotopic (exact) mass is 388 g/mol. The van der Waals surface area contributed by atoms with Crippen LogP contribution in [0, 0.1) is 0 Å². The van der Waals surface area contributed by atoms with E-state index in [1.165, 1.54) is 43.4 Å². The Kier molecular flexibility index (Phi) is 4.83. The van der Waals surface area contributed by atoms with E-state index in [0.717, 1.165) is 4.90 Å². The number of ether oxygens (including phenoxy) is 1. The molecule has 0 bridgehead atoms. The quantitative estimate of drug-likeness (QED) is 0.612. The van der Waals surface area contributed by atoms with Crippen LogP contribution in [0.15, 0.2) is 36.4 Å². The standard InChI is InChI=1S/C18H13ClN2O6/c1-21-16(24)11-4-3-10(7-12(11)17(21)25)20-15(23)8-27-18(26)13-6-9(19)2-5-14(13)22/h2-7,22H,8H2,1H3,(H,20,23). The zero-order valence-electron chi connectivity index (χ0n) is 14.0. The van der Waals surface area contributed by atoms with E-state index in [2.05, 4.69) is 5.32 Å². The molecule has 27 heavy (non-hydrogen) atoms. The summed E-state index contributed by atoms with van der Waals surface area (Å²) in [5, 5.41) is 12.3. The lowest BCUT2D eigenvalue weighted by Crippen LogP contribution is -2.24. The highest BCUT2D eigenvalue weighted by molar-refractivity contribution is 6.31. The molecule has 3 amide bonds. The Morgan fingerprint density at radius 1 is 1.11 bits per heavy atom. The first-order valence-electron chi connectivity index (χ1n) is 7.70. The number of rotatable bonds is 4. The maximum atomic E-state index is 12.0. The Labute approximate surface area is 158 Å². The number of hydrogen-bond acceptors (Lipinski definition) is 6. The number of phenolic OH excluding ortho intramolecular Hbond substituents is 1. The van der Waals surface area contributed by atoms with Gasteiger partial charge in [0.15, 0.2) is 6.61 Å². The minimum atomic E-state index is -0.915. The maximum absolute atomic E-state index is 12.0. The Morgan fingerprint density at radius 2 is 1.81 bits per heavy atom. The first-order chi connectivity index (χ1) is 12.8. The van der Waals surface area contributed by atoms with Crippen LogP contribution in [-0.2, 0) is 9.53 Å². The number of esters is 1. The molecule has 9 heteroatoms. The van der Waals surface area contributed by atoms with E-state index in [1.807, 2.05) is 0 Å². The van der Waals surface area contributed by atoms with Crippen LogP contribution in [0.4, 0.5) is 5.69 Å². The summed E-state index contributed by atoms with van der Waals surface area (Å²) in [6.45, 7) is -0.616. The second-order valence-corrected chi connectivity index (χ2v) is 6.15. The molecule has 0 saturated heterocycles. The molecule has 0 fully saturated rings. The van der Waals surface area contributed by atoms with Crippen molar-refractivity contribution in [3.05, 3.63) is 58.1 Å². The van der Waals surface area contributed by atoms with Crippen molar-refractivity contribution in [2.75, 3.05) is 19.0 Å². The van der Waals surface area contributed by atoms with Crippen LogP contribution in [-0.4, -0.2) is 47.4 Å². The van der Waals surface area contributed by atoms with Gasteiger partial charge in [-0.3, -0.25) is 19.3 Å². The predicted octanol–water partition coefficient (Wildman–Crippen LogP) is 2.07. The van der Waals surface area contributed by atoms with Gasteiger partial charge in [-0.2, -0.15) is 0 Å². The normalized spacial score (nSPS) is 12.7. The summed E-state index contributed by atoms with van der Waals surface area (Å²) in [5.41, 5.74) is 0.543. The fourth-order valence-electron chi connectivity index (χ4n) is 2.52. The minimum Gasteiger partial charge on any atom is -0.507 e. The van der Waals surface area contributed by atoms with Crippen molar-refractivity contribution in [3.63, 3.8) is 0 Å². The van der Waals surface area contributed by atoms with E-state index in [0.29, 0.717) is 0 Å². The average Bonchev–Trinajstić information content (AvgIpc) is 2.86. The molecule has 2 aromatic rings. The number of nitrogens with one attached hydrogen (secondary N) is 1.